The number of esters is 1. The van der Waals surface area contributed by atoms with E-state index in [1.165, 1.54) is 34.1 Å². The van der Waals surface area contributed by atoms with Crippen LogP contribution in [0.25, 0.3) is 23.0 Å². The number of nitrogens with zero attached hydrogens (tertiary/aromatic N) is 4. The van der Waals surface area contributed by atoms with E-state index < -0.39 is 12.0 Å². The van der Waals surface area contributed by atoms with Crippen molar-refractivity contribution in [2.24, 2.45) is 4.99 Å². The molecule has 10 heteroatoms. The zero-order valence-corrected chi connectivity index (χ0v) is 24.8. The van der Waals surface area contributed by atoms with Crippen molar-refractivity contribution in [2.45, 2.75) is 13.0 Å². The Balaban J connectivity index is 1.54. The van der Waals surface area contributed by atoms with E-state index in [-0.39, 0.29) is 23.6 Å². The van der Waals surface area contributed by atoms with E-state index in [0.717, 1.165) is 5.69 Å². The molecule has 0 amide bonds. The second-order valence-electron chi connectivity index (χ2n) is 9.96. The second-order valence-corrected chi connectivity index (χ2v) is 11.0. The highest BCUT2D eigenvalue weighted by atomic mass is 32.1. The molecule has 3 heterocycles. The van der Waals surface area contributed by atoms with Gasteiger partial charge in [-0.3, -0.25) is 9.36 Å². The molecule has 0 N–H and O–H groups in total. The lowest BCUT2D eigenvalue weighted by molar-refractivity contribution is -0.138. The third kappa shape index (κ3) is 5.43. The van der Waals surface area contributed by atoms with Crippen molar-refractivity contribution in [3.8, 4) is 22.7 Å². The molecule has 5 aromatic rings. The van der Waals surface area contributed by atoms with Crippen molar-refractivity contribution in [2.75, 3.05) is 13.7 Å². The lowest BCUT2D eigenvalue weighted by Gasteiger charge is -2.24. The molecule has 1 aliphatic heterocycles. The largest absolute Gasteiger partial charge is 0.497 e. The fraction of sp³-hybridized carbons (Fsp3) is 0.118. The number of methoxy groups -OCH3 is 1. The van der Waals surface area contributed by atoms with Gasteiger partial charge < -0.3 is 9.47 Å². The van der Waals surface area contributed by atoms with Crippen LogP contribution >= 0.6 is 11.3 Å². The van der Waals surface area contributed by atoms with Crippen molar-refractivity contribution in [3.05, 3.63) is 146 Å². The van der Waals surface area contributed by atoms with Crippen LogP contribution in [0.2, 0.25) is 0 Å². The number of rotatable bonds is 8. The van der Waals surface area contributed by atoms with Crippen molar-refractivity contribution >= 4 is 23.4 Å². The van der Waals surface area contributed by atoms with Crippen LogP contribution in [0.15, 0.2) is 119 Å². The molecular weight excluding hydrogens is 579 g/mol. The third-order valence-corrected chi connectivity index (χ3v) is 8.16. The number of carbonyl (C=O) groups excluding carboxylic acids is 1. The van der Waals surface area contributed by atoms with Gasteiger partial charge in [-0.25, -0.2) is 18.9 Å². The minimum atomic E-state index is -0.778. The fourth-order valence-electron chi connectivity index (χ4n) is 5.08. The first kappa shape index (κ1) is 28.8. The quantitative estimate of drug-likeness (QED) is 0.184. The fourth-order valence-corrected chi connectivity index (χ4v) is 6.11. The van der Waals surface area contributed by atoms with Crippen LogP contribution in [0.1, 0.15) is 24.1 Å². The molecule has 0 spiro atoms. The maximum atomic E-state index is 14.2. The van der Waals surface area contributed by atoms with Crippen LogP contribution in [0.5, 0.6) is 5.75 Å². The average Bonchev–Trinajstić information content (AvgIpc) is 3.60. The summed E-state index contributed by atoms with van der Waals surface area (Å²) in [6.07, 6.45) is 5.07. The Kier molecular flexibility index (Phi) is 7.91. The first-order valence-corrected chi connectivity index (χ1v) is 14.5. The Hall–Kier alpha value is -5.35. The van der Waals surface area contributed by atoms with Gasteiger partial charge in [-0.2, -0.15) is 5.10 Å². The van der Waals surface area contributed by atoms with E-state index in [9.17, 15) is 14.0 Å². The number of hydrogen-bond donors (Lipinski definition) is 0. The van der Waals surface area contributed by atoms with Gasteiger partial charge in [0.15, 0.2) is 4.80 Å². The van der Waals surface area contributed by atoms with E-state index >= 15 is 0 Å². The molecular formula is C34H27FN4O4S. The highest BCUT2D eigenvalue weighted by Crippen LogP contribution is 2.32. The van der Waals surface area contributed by atoms with Crippen LogP contribution in [-0.2, 0) is 9.53 Å². The number of halogens is 1. The predicted octanol–water partition coefficient (Wildman–Crippen LogP) is 4.96. The van der Waals surface area contributed by atoms with Gasteiger partial charge in [0, 0.05) is 17.3 Å². The monoisotopic (exact) mass is 606 g/mol. The molecule has 220 valence electrons. The van der Waals surface area contributed by atoms with Crippen LogP contribution in [0.3, 0.4) is 0 Å². The molecule has 0 saturated heterocycles. The molecule has 0 aliphatic carbocycles. The number of ether oxygens (including phenoxy) is 2. The second kappa shape index (κ2) is 12.1. The minimum Gasteiger partial charge on any atom is -0.497 e. The number of para-hydroxylation sites is 1. The number of aromatic nitrogens is 3. The lowest BCUT2D eigenvalue weighted by Crippen LogP contribution is -2.39. The van der Waals surface area contributed by atoms with E-state index in [4.69, 9.17) is 14.6 Å². The van der Waals surface area contributed by atoms with Crippen molar-refractivity contribution in [3.63, 3.8) is 0 Å². The first-order valence-electron chi connectivity index (χ1n) is 13.7. The van der Waals surface area contributed by atoms with Crippen molar-refractivity contribution in [1.29, 1.82) is 0 Å². The van der Waals surface area contributed by atoms with E-state index in [2.05, 4.69) is 11.6 Å². The SMILES string of the molecule is C=CCOC(=O)C1=C(C)N=c2s/c(=C/c3cn(-c4ccccc4)nc3-c3ccc(F)cc3)c(=O)n2[C@H]1c1ccc(OC)cc1. The lowest BCUT2D eigenvalue weighted by atomic mass is 9.96. The molecule has 0 saturated carbocycles. The summed E-state index contributed by atoms with van der Waals surface area (Å²) in [5.41, 5.74) is 3.85. The summed E-state index contributed by atoms with van der Waals surface area (Å²) >= 11 is 1.21. The van der Waals surface area contributed by atoms with Crippen LogP contribution < -0.4 is 19.6 Å². The van der Waals surface area contributed by atoms with Crippen LogP contribution in [0, 0.1) is 5.82 Å². The van der Waals surface area contributed by atoms with Crippen LogP contribution in [0.4, 0.5) is 4.39 Å². The molecule has 0 bridgehead atoms. The summed E-state index contributed by atoms with van der Waals surface area (Å²) in [5.74, 6) is -0.298. The first-order chi connectivity index (χ1) is 21.4. The highest BCUT2D eigenvalue weighted by Gasteiger charge is 2.33. The van der Waals surface area contributed by atoms with Crippen molar-refractivity contribution < 1.29 is 18.7 Å². The number of allylic oxidation sites excluding steroid dienone is 1. The summed E-state index contributed by atoms with van der Waals surface area (Å²) in [7, 11) is 1.57. The summed E-state index contributed by atoms with van der Waals surface area (Å²) in [6.45, 7) is 5.38. The summed E-state index contributed by atoms with van der Waals surface area (Å²) in [4.78, 5) is 32.6. The number of fused-ring (bicyclic) bond motifs is 1. The maximum absolute atomic E-state index is 14.2. The zero-order chi connectivity index (χ0) is 30.8. The van der Waals surface area contributed by atoms with Gasteiger partial charge in [-0.15, -0.1) is 0 Å². The van der Waals surface area contributed by atoms with Gasteiger partial charge in [0.05, 0.1) is 34.6 Å². The van der Waals surface area contributed by atoms with Gasteiger partial charge >= 0.3 is 5.97 Å². The van der Waals surface area contributed by atoms with Gasteiger partial charge in [0.25, 0.3) is 5.56 Å². The molecule has 2 aromatic heterocycles. The molecule has 3 aromatic carbocycles. The molecule has 1 atom stereocenters. The maximum Gasteiger partial charge on any atom is 0.338 e. The molecule has 6 rings (SSSR count). The standard InChI is InChI=1S/C34H27FN4O4S/c1-4-18-43-33(41)29-21(2)36-34-39(31(29)23-12-16-27(42-3)17-13-23)32(40)28(44-34)19-24-20-38(26-8-6-5-7-9-26)37-30(24)22-10-14-25(35)15-11-22/h4-17,19-20,31H,1,18H2,2-3H3/b28-19+/t31-/m0/s1. The Bertz CT molecular complexity index is 2080. The van der Waals surface area contributed by atoms with E-state index in [1.807, 2.05) is 48.7 Å². The molecule has 1 aliphatic rings. The van der Waals surface area contributed by atoms with E-state index in [0.29, 0.717) is 43.2 Å². The predicted molar refractivity (Wildman–Crippen MR) is 167 cm³/mol. The minimum absolute atomic E-state index is 0.0208. The third-order valence-electron chi connectivity index (χ3n) is 7.17. The summed E-state index contributed by atoms with van der Waals surface area (Å²) in [6, 6.07) is 22.0. The average molecular weight is 607 g/mol. The number of thiazole rings is 1. The van der Waals surface area contributed by atoms with Gasteiger partial charge in [0.2, 0.25) is 0 Å². The van der Waals surface area contributed by atoms with Gasteiger partial charge in [0.1, 0.15) is 23.9 Å². The Morgan fingerprint density at radius 1 is 1.07 bits per heavy atom. The topological polar surface area (TPSA) is 87.7 Å². The van der Waals surface area contributed by atoms with Gasteiger partial charge in [-0.1, -0.05) is 54.3 Å². The Labute approximate surface area is 256 Å². The highest BCUT2D eigenvalue weighted by molar-refractivity contribution is 7.07. The molecule has 8 nitrogen and oxygen atoms in total. The smallest absolute Gasteiger partial charge is 0.338 e. The molecule has 0 fully saturated rings. The number of benzene rings is 3. The number of hydrogen-bond acceptors (Lipinski definition) is 7. The Morgan fingerprint density at radius 2 is 1.80 bits per heavy atom. The van der Waals surface area contributed by atoms with Crippen LogP contribution in [-0.4, -0.2) is 34.0 Å². The van der Waals surface area contributed by atoms with Gasteiger partial charge in [-0.05, 0) is 67.1 Å². The summed E-state index contributed by atoms with van der Waals surface area (Å²) in [5, 5.41) is 4.79. The zero-order valence-electron chi connectivity index (χ0n) is 23.9. The van der Waals surface area contributed by atoms with Crippen molar-refractivity contribution in [1.82, 2.24) is 14.3 Å². The Morgan fingerprint density at radius 3 is 2.48 bits per heavy atom. The molecule has 44 heavy (non-hydrogen) atoms. The molecule has 0 radical (unpaired) electrons. The van der Waals surface area contributed by atoms with E-state index in [1.54, 1.807) is 49.1 Å². The number of carbonyl (C=O) groups is 1. The normalized spacial score (nSPS) is 14.6. The molecule has 0 unspecified atom stereocenters. The summed E-state index contributed by atoms with van der Waals surface area (Å²) < 4.78 is 28.2.